The zero-order valence-corrected chi connectivity index (χ0v) is 9.89. The van der Waals surface area contributed by atoms with Crippen molar-refractivity contribution >= 4 is 16.7 Å². The molecule has 3 rings (SSSR count). The molecule has 2 aromatic carbocycles. The minimum Gasteiger partial charge on any atom is -0.508 e. The fourth-order valence-electron chi connectivity index (χ4n) is 1.73. The van der Waals surface area contributed by atoms with Crippen LogP contribution >= 0.6 is 0 Å². The predicted octanol–water partition coefficient (Wildman–Crippen LogP) is 2.63. The van der Waals surface area contributed by atoms with E-state index in [9.17, 15) is 15.2 Å². The number of fused-ring (bicyclic) bond motifs is 1. The van der Waals surface area contributed by atoms with Crippen LogP contribution in [0.2, 0.25) is 0 Å². The maximum absolute atomic E-state index is 10.8. The average Bonchev–Trinajstić information content (AvgIpc) is 2.88. The highest BCUT2D eigenvalue weighted by Gasteiger charge is 2.20. The van der Waals surface area contributed by atoms with Crippen molar-refractivity contribution in [3.05, 3.63) is 46.5 Å². The predicted molar refractivity (Wildman–Crippen MR) is 66.6 cm³/mol. The Kier molecular flexibility index (Phi) is 2.68. The fraction of sp³-hybridized carbons (Fsp3) is 0. The lowest BCUT2D eigenvalue weighted by Crippen LogP contribution is -1.91. The topological polar surface area (TPSA) is 112 Å². The number of nitro benzene ring substituents is 1. The second-order valence-corrected chi connectivity index (χ2v) is 3.90. The number of aromatic nitrogens is 2. The van der Waals surface area contributed by atoms with Crippen LogP contribution in [0.1, 0.15) is 0 Å². The van der Waals surface area contributed by atoms with E-state index in [1.54, 1.807) is 12.1 Å². The molecular weight excluding hydrogens is 266 g/mol. The van der Waals surface area contributed by atoms with E-state index in [1.807, 2.05) is 0 Å². The summed E-state index contributed by atoms with van der Waals surface area (Å²) in [6, 6.07) is 8.78. The third kappa shape index (κ3) is 1.99. The molecule has 1 aromatic heterocycles. The summed E-state index contributed by atoms with van der Waals surface area (Å²) in [7, 11) is 0. The summed E-state index contributed by atoms with van der Waals surface area (Å²) in [6.45, 7) is 0. The highest BCUT2D eigenvalue weighted by molar-refractivity contribution is 5.88. The molecule has 8 heteroatoms. The lowest BCUT2D eigenvalue weighted by atomic mass is 10.2. The molecule has 0 bridgehead atoms. The van der Waals surface area contributed by atoms with E-state index in [4.69, 9.17) is 4.74 Å². The molecule has 0 unspecified atom stereocenters. The van der Waals surface area contributed by atoms with Gasteiger partial charge in [0.1, 0.15) is 11.5 Å². The van der Waals surface area contributed by atoms with Crippen LogP contribution in [0.5, 0.6) is 17.2 Å². The lowest BCUT2D eigenvalue weighted by molar-refractivity contribution is -0.383. The molecule has 20 heavy (non-hydrogen) atoms. The van der Waals surface area contributed by atoms with Gasteiger partial charge in [0, 0.05) is 12.1 Å². The van der Waals surface area contributed by atoms with Gasteiger partial charge in [-0.3, -0.25) is 10.1 Å². The summed E-state index contributed by atoms with van der Waals surface area (Å²) in [5.74, 6) is 0.652. The fourth-order valence-corrected chi connectivity index (χ4v) is 1.73. The van der Waals surface area contributed by atoms with Crippen molar-refractivity contribution in [1.82, 2.24) is 10.3 Å². The van der Waals surface area contributed by atoms with E-state index in [1.165, 1.54) is 24.3 Å². The molecule has 0 aliphatic heterocycles. The summed E-state index contributed by atoms with van der Waals surface area (Å²) in [4.78, 5) is 10.3. The number of phenolic OH excluding ortho intramolecular Hbond substituents is 1. The molecular formula is C12H7N3O5. The molecule has 0 aliphatic carbocycles. The Hall–Kier alpha value is -3.16. The molecule has 0 saturated carbocycles. The molecule has 0 radical (unpaired) electrons. The summed E-state index contributed by atoms with van der Waals surface area (Å²) < 4.78 is 10.0. The normalized spacial score (nSPS) is 10.6. The van der Waals surface area contributed by atoms with Gasteiger partial charge in [-0.15, -0.1) is 0 Å². The SMILES string of the molecule is O=[N+]([O-])c1ccc(Oc2cccc(O)c2)c2nonc12. The van der Waals surface area contributed by atoms with Crippen LogP contribution in [0.4, 0.5) is 5.69 Å². The van der Waals surface area contributed by atoms with Gasteiger partial charge in [-0.25, -0.2) is 4.63 Å². The molecule has 100 valence electrons. The third-order valence-electron chi connectivity index (χ3n) is 2.60. The van der Waals surface area contributed by atoms with Crippen molar-refractivity contribution in [3.63, 3.8) is 0 Å². The maximum atomic E-state index is 10.8. The number of hydrogen-bond donors (Lipinski definition) is 1. The summed E-state index contributed by atoms with van der Waals surface area (Å²) in [6.07, 6.45) is 0. The van der Waals surface area contributed by atoms with E-state index >= 15 is 0 Å². The van der Waals surface area contributed by atoms with E-state index < -0.39 is 4.92 Å². The minimum absolute atomic E-state index is 0.00709. The van der Waals surface area contributed by atoms with Crippen LogP contribution in [0.25, 0.3) is 11.0 Å². The summed E-state index contributed by atoms with van der Waals surface area (Å²) >= 11 is 0. The van der Waals surface area contributed by atoms with E-state index in [-0.39, 0.29) is 28.2 Å². The highest BCUT2D eigenvalue weighted by atomic mass is 16.6. The second kappa shape index (κ2) is 4.50. The standard InChI is InChI=1S/C12H7N3O5/c16-7-2-1-3-8(6-7)19-10-5-4-9(15(17)18)11-12(10)14-20-13-11/h1-6,16H. The first kappa shape index (κ1) is 11.9. The first-order chi connectivity index (χ1) is 9.65. The van der Waals surface area contributed by atoms with Crippen LogP contribution in [0.3, 0.4) is 0 Å². The van der Waals surface area contributed by atoms with Crippen molar-refractivity contribution in [2.75, 3.05) is 0 Å². The van der Waals surface area contributed by atoms with Gasteiger partial charge in [-0.1, -0.05) is 6.07 Å². The Morgan fingerprint density at radius 3 is 2.75 bits per heavy atom. The summed E-state index contributed by atoms with van der Waals surface area (Å²) in [5.41, 5.74) is -0.0697. The Labute approximate surface area is 111 Å². The molecule has 0 spiro atoms. The number of nitrogens with zero attached hydrogens (tertiary/aromatic N) is 3. The van der Waals surface area contributed by atoms with Crippen molar-refractivity contribution in [1.29, 1.82) is 0 Å². The second-order valence-electron chi connectivity index (χ2n) is 3.90. The Balaban J connectivity index is 2.07. The first-order valence-electron chi connectivity index (χ1n) is 5.52. The number of non-ortho nitro benzene ring substituents is 1. The average molecular weight is 273 g/mol. The highest BCUT2D eigenvalue weighted by Crippen LogP contribution is 2.33. The van der Waals surface area contributed by atoms with Crippen LogP contribution in [-0.4, -0.2) is 20.3 Å². The van der Waals surface area contributed by atoms with Crippen LogP contribution in [0.15, 0.2) is 41.0 Å². The summed E-state index contributed by atoms with van der Waals surface area (Å²) in [5, 5.41) is 27.3. The van der Waals surface area contributed by atoms with Gasteiger partial charge in [0.15, 0.2) is 11.3 Å². The molecule has 0 fully saturated rings. The van der Waals surface area contributed by atoms with Gasteiger partial charge in [0.25, 0.3) is 0 Å². The smallest absolute Gasteiger partial charge is 0.301 e. The Morgan fingerprint density at radius 2 is 2.00 bits per heavy atom. The van der Waals surface area contributed by atoms with Crippen LogP contribution < -0.4 is 4.74 Å². The molecule has 8 nitrogen and oxygen atoms in total. The van der Waals surface area contributed by atoms with Gasteiger partial charge in [-0.05, 0) is 28.5 Å². The maximum Gasteiger partial charge on any atom is 0.301 e. The minimum atomic E-state index is -0.579. The molecule has 3 aromatic rings. The lowest BCUT2D eigenvalue weighted by Gasteiger charge is -2.05. The molecule has 0 aliphatic rings. The zero-order valence-electron chi connectivity index (χ0n) is 9.89. The molecule has 1 N–H and O–H groups in total. The number of hydrogen-bond acceptors (Lipinski definition) is 7. The van der Waals surface area contributed by atoms with Gasteiger partial charge in [0.05, 0.1) is 4.92 Å². The van der Waals surface area contributed by atoms with Crippen molar-refractivity contribution < 1.29 is 19.4 Å². The van der Waals surface area contributed by atoms with Gasteiger partial charge < -0.3 is 9.84 Å². The third-order valence-corrected chi connectivity index (χ3v) is 2.60. The molecule has 0 atom stereocenters. The molecule has 1 heterocycles. The number of rotatable bonds is 3. The first-order valence-corrected chi connectivity index (χ1v) is 5.52. The largest absolute Gasteiger partial charge is 0.508 e. The van der Waals surface area contributed by atoms with E-state index in [0.717, 1.165) is 0 Å². The van der Waals surface area contributed by atoms with Crippen LogP contribution in [-0.2, 0) is 0 Å². The van der Waals surface area contributed by atoms with Crippen LogP contribution in [0, 0.1) is 10.1 Å². The number of phenols is 1. The monoisotopic (exact) mass is 273 g/mol. The van der Waals surface area contributed by atoms with Crippen molar-refractivity contribution in [2.45, 2.75) is 0 Å². The van der Waals surface area contributed by atoms with Gasteiger partial charge in [0.2, 0.25) is 5.52 Å². The van der Waals surface area contributed by atoms with E-state index in [2.05, 4.69) is 14.9 Å². The Morgan fingerprint density at radius 1 is 1.20 bits per heavy atom. The number of aromatic hydroxyl groups is 1. The zero-order chi connectivity index (χ0) is 14.1. The molecule has 0 saturated heterocycles. The number of nitro groups is 1. The quantitative estimate of drug-likeness (QED) is 0.576. The number of benzene rings is 2. The van der Waals surface area contributed by atoms with Gasteiger partial charge >= 0.3 is 5.69 Å². The molecule has 0 amide bonds. The Bertz CT molecular complexity index is 799. The van der Waals surface area contributed by atoms with E-state index in [0.29, 0.717) is 5.75 Å². The van der Waals surface area contributed by atoms with Crippen molar-refractivity contribution in [3.8, 4) is 17.2 Å². The number of ether oxygens (including phenoxy) is 1. The van der Waals surface area contributed by atoms with Crippen molar-refractivity contribution in [2.24, 2.45) is 0 Å². The van der Waals surface area contributed by atoms with Gasteiger partial charge in [-0.2, -0.15) is 0 Å².